The Morgan fingerprint density at radius 2 is 1.69 bits per heavy atom. The van der Waals surface area contributed by atoms with Crippen molar-refractivity contribution in [3.05, 3.63) is 29.8 Å². The van der Waals surface area contributed by atoms with Gasteiger partial charge in [0.1, 0.15) is 5.75 Å². The number of ether oxygens (including phenoxy) is 1. The number of hydrogen-bond donors (Lipinski definition) is 2. The Hall–Kier alpha value is -2.08. The first-order valence-electron chi connectivity index (χ1n) is 9.50. The lowest BCUT2D eigenvalue weighted by Gasteiger charge is -2.17. The van der Waals surface area contributed by atoms with E-state index in [9.17, 15) is 14.8 Å². The zero-order valence-electron chi connectivity index (χ0n) is 15.7. The Balaban J connectivity index is 2.43. The van der Waals surface area contributed by atoms with Gasteiger partial charge in [-0.1, -0.05) is 51.2 Å². The van der Waals surface area contributed by atoms with E-state index in [1.807, 2.05) is 0 Å². The Morgan fingerprint density at radius 3 is 2.42 bits per heavy atom. The van der Waals surface area contributed by atoms with Gasteiger partial charge >= 0.3 is 5.97 Å². The molecular formula is C20H31NO5. The summed E-state index contributed by atoms with van der Waals surface area (Å²) >= 11 is 0. The van der Waals surface area contributed by atoms with Gasteiger partial charge < -0.3 is 9.84 Å². The van der Waals surface area contributed by atoms with E-state index in [-0.39, 0.29) is 6.42 Å². The van der Waals surface area contributed by atoms with Crippen molar-refractivity contribution in [1.82, 2.24) is 5.06 Å². The Bertz CT molecular complexity index is 547. The normalized spacial score (nSPS) is 10.5. The van der Waals surface area contributed by atoms with Crippen molar-refractivity contribution < 1.29 is 24.6 Å². The molecule has 0 bridgehead atoms. The SMILES string of the molecule is CCCCCCCCN(O)C(=O)c1ccccc1OCCCCC(=O)O. The number of carbonyl (C=O) groups is 2. The number of carboxylic acid groups (broad SMARTS) is 1. The van der Waals surface area contributed by atoms with Crippen LogP contribution in [-0.4, -0.2) is 40.4 Å². The molecule has 1 amide bonds. The van der Waals surface area contributed by atoms with Crippen molar-refractivity contribution in [1.29, 1.82) is 0 Å². The van der Waals surface area contributed by atoms with Crippen LogP contribution in [0.1, 0.15) is 75.1 Å². The number of aliphatic carboxylic acids is 1. The summed E-state index contributed by atoms with van der Waals surface area (Å²) in [6.45, 7) is 2.80. The molecule has 6 heteroatoms. The number of unbranched alkanes of at least 4 members (excludes halogenated alkanes) is 6. The predicted molar refractivity (Wildman–Crippen MR) is 99.6 cm³/mol. The monoisotopic (exact) mass is 365 g/mol. The first-order valence-corrected chi connectivity index (χ1v) is 9.50. The predicted octanol–water partition coefficient (Wildman–Crippen LogP) is 4.51. The van der Waals surface area contributed by atoms with E-state index >= 15 is 0 Å². The molecule has 6 nitrogen and oxygen atoms in total. The molecule has 0 saturated heterocycles. The molecule has 0 fully saturated rings. The molecule has 0 atom stereocenters. The lowest BCUT2D eigenvalue weighted by Crippen LogP contribution is -2.29. The van der Waals surface area contributed by atoms with E-state index in [0.29, 0.717) is 37.3 Å². The molecular weight excluding hydrogens is 334 g/mol. The van der Waals surface area contributed by atoms with Crippen LogP contribution >= 0.6 is 0 Å². The fourth-order valence-electron chi connectivity index (χ4n) is 2.61. The van der Waals surface area contributed by atoms with Gasteiger partial charge in [0, 0.05) is 13.0 Å². The second-order valence-electron chi connectivity index (χ2n) is 6.39. The highest BCUT2D eigenvalue weighted by atomic mass is 16.5. The van der Waals surface area contributed by atoms with Crippen LogP contribution < -0.4 is 4.74 Å². The van der Waals surface area contributed by atoms with E-state index in [0.717, 1.165) is 24.3 Å². The molecule has 1 rings (SSSR count). The minimum atomic E-state index is -0.828. The van der Waals surface area contributed by atoms with E-state index in [2.05, 4.69) is 6.92 Å². The number of carboxylic acids is 1. The van der Waals surface area contributed by atoms with Gasteiger partial charge in [0.25, 0.3) is 5.91 Å². The van der Waals surface area contributed by atoms with E-state index < -0.39 is 11.9 Å². The molecule has 0 spiro atoms. The Kier molecular flexibility index (Phi) is 11.1. The summed E-state index contributed by atoms with van der Waals surface area (Å²) in [6.07, 6.45) is 7.70. The van der Waals surface area contributed by atoms with Gasteiger partial charge in [0.2, 0.25) is 0 Å². The number of carbonyl (C=O) groups excluding carboxylic acids is 1. The Labute approximate surface area is 155 Å². The van der Waals surface area contributed by atoms with Crippen LogP contribution in [0.25, 0.3) is 0 Å². The van der Waals surface area contributed by atoms with Crippen molar-refractivity contribution >= 4 is 11.9 Å². The zero-order chi connectivity index (χ0) is 19.2. The van der Waals surface area contributed by atoms with Gasteiger partial charge in [-0.3, -0.25) is 14.8 Å². The highest BCUT2D eigenvalue weighted by molar-refractivity contribution is 5.96. The molecule has 0 aromatic heterocycles. The molecule has 0 unspecified atom stereocenters. The minimum absolute atomic E-state index is 0.104. The van der Waals surface area contributed by atoms with Crippen molar-refractivity contribution in [3.8, 4) is 5.75 Å². The molecule has 1 aromatic carbocycles. The third kappa shape index (κ3) is 8.85. The summed E-state index contributed by atoms with van der Waals surface area (Å²) < 4.78 is 5.61. The number of amides is 1. The van der Waals surface area contributed by atoms with Crippen molar-refractivity contribution in [3.63, 3.8) is 0 Å². The van der Waals surface area contributed by atoms with Gasteiger partial charge in [-0.05, 0) is 31.4 Å². The fourth-order valence-corrected chi connectivity index (χ4v) is 2.61. The largest absolute Gasteiger partial charge is 0.493 e. The first-order chi connectivity index (χ1) is 12.6. The van der Waals surface area contributed by atoms with Crippen LogP contribution in [0.2, 0.25) is 0 Å². The van der Waals surface area contributed by atoms with Crippen LogP contribution in [0.4, 0.5) is 0 Å². The molecule has 146 valence electrons. The first kappa shape index (κ1) is 22.0. The average molecular weight is 365 g/mol. The highest BCUT2D eigenvalue weighted by Crippen LogP contribution is 2.20. The fraction of sp³-hybridized carbons (Fsp3) is 0.600. The number of rotatable bonds is 14. The van der Waals surface area contributed by atoms with Crippen LogP contribution in [0.15, 0.2) is 24.3 Å². The zero-order valence-corrected chi connectivity index (χ0v) is 15.7. The smallest absolute Gasteiger partial charge is 0.303 e. The van der Waals surface area contributed by atoms with Crippen LogP contribution in [0.5, 0.6) is 5.75 Å². The summed E-state index contributed by atoms with van der Waals surface area (Å²) in [7, 11) is 0. The van der Waals surface area contributed by atoms with Crippen molar-refractivity contribution in [2.24, 2.45) is 0 Å². The second kappa shape index (κ2) is 13.2. The van der Waals surface area contributed by atoms with Gasteiger partial charge in [-0.25, -0.2) is 5.06 Å². The second-order valence-corrected chi connectivity index (χ2v) is 6.39. The molecule has 0 heterocycles. The third-order valence-electron chi connectivity index (χ3n) is 4.12. The maximum atomic E-state index is 12.4. The third-order valence-corrected chi connectivity index (χ3v) is 4.12. The maximum Gasteiger partial charge on any atom is 0.303 e. The minimum Gasteiger partial charge on any atom is -0.493 e. The van der Waals surface area contributed by atoms with E-state index in [4.69, 9.17) is 9.84 Å². The topological polar surface area (TPSA) is 87.1 Å². The molecule has 1 aromatic rings. The Morgan fingerprint density at radius 1 is 1.00 bits per heavy atom. The van der Waals surface area contributed by atoms with Crippen LogP contribution in [-0.2, 0) is 4.79 Å². The average Bonchev–Trinajstić information content (AvgIpc) is 2.63. The molecule has 0 aliphatic rings. The number of para-hydroxylation sites is 1. The van der Waals surface area contributed by atoms with Crippen LogP contribution in [0.3, 0.4) is 0 Å². The molecule has 0 aliphatic heterocycles. The lowest BCUT2D eigenvalue weighted by atomic mass is 10.1. The van der Waals surface area contributed by atoms with Gasteiger partial charge in [0.15, 0.2) is 0 Å². The molecule has 0 aliphatic carbocycles. The number of nitrogens with zero attached hydrogens (tertiary/aromatic N) is 1. The van der Waals surface area contributed by atoms with Gasteiger partial charge in [-0.15, -0.1) is 0 Å². The summed E-state index contributed by atoms with van der Waals surface area (Å²) in [5.41, 5.74) is 0.319. The van der Waals surface area contributed by atoms with Crippen molar-refractivity contribution in [2.75, 3.05) is 13.2 Å². The maximum absolute atomic E-state index is 12.4. The summed E-state index contributed by atoms with van der Waals surface area (Å²) in [5, 5.41) is 19.4. The quantitative estimate of drug-likeness (QED) is 0.288. The summed E-state index contributed by atoms with van der Waals surface area (Å²) in [6, 6.07) is 6.80. The highest BCUT2D eigenvalue weighted by Gasteiger charge is 2.17. The van der Waals surface area contributed by atoms with Gasteiger partial charge in [-0.2, -0.15) is 0 Å². The van der Waals surface area contributed by atoms with E-state index in [1.54, 1.807) is 24.3 Å². The number of benzene rings is 1. The molecule has 0 radical (unpaired) electrons. The van der Waals surface area contributed by atoms with E-state index in [1.165, 1.54) is 19.3 Å². The summed E-state index contributed by atoms with van der Waals surface area (Å²) in [5.74, 6) is -0.888. The standard InChI is InChI=1S/C20H31NO5/c1-2-3-4-5-6-10-15-21(25)20(24)17-12-7-8-13-18(17)26-16-11-9-14-19(22)23/h7-8,12-13,25H,2-6,9-11,14-16H2,1H3,(H,22,23). The van der Waals surface area contributed by atoms with Crippen molar-refractivity contribution in [2.45, 2.75) is 64.7 Å². The molecule has 26 heavy (non-hydrogen) atoms. The van der Waals surface area contributed by atoms with Gasteiger partial charge in [0.05, 0.1) is 12.2 Å². The molecule has 0 saturated carbocycles. The number of hydrogen-bond acceptors (Lipinski definition) is 4. The number of hydroxylamine groups is 2. The van der Waals surface area contributed by atoms with Crippen LogP contribution in [0, 0.1) is 0 Å². The molecule has 2 N–H and O–H groups in total. The lowest BCUT2D eigenvalue weighted by molar-refractivity contribution is -0.137. The summed E-state index contributed by atoms with van der Waals surface area (Å²) in [4.78, 5) is 22.9.